The van der Waals surface area contributed by atoms with Gasteiger partial charge in [0.15, 0.2) is 0 Å². The fourth-order valence-corrected chi connectivity index (χ4v) is 4.03. The molecule has 3 heterocycles. The van der Waals surface area contributed by atoms with E-state index < -0.39 is 0 Å². The number of rotatable bonds is 2. The van der Waals surface area contributed by atoms with Gasteiger partial charge in [0, 0.05) is 37.6 Å². The normalized spacial score (nSPS) is 15.0. The highest BCUT2D eigenvalue weighted by molar-refractivity contribution is 9.10. The van der Waals surface area contributed by atoms with Crippen LogP contribution >= 0.6 is 27.3 Å². The fourth-order valence-electron chi connectivity index (χ4n) is 2.98. The third-order valence-corrected chi connectivity index (χ3v) is 5.80. The van der Waals surface area contributed by atoms with E-state index in [1.165, 1.54) is 17.4 Å². The first-order valence-electron chi connectivity index (χ1n) is 7.95. The summed E-state index contributed by atoms with van der Waals surface area (Å²) in [5.41, 5.74) is 0.635. The number of hydrogen-bond donors (Lipinski definition) is 0. The van der Waals surface area contributed by atoms with Crippen LogP contribution in [0.3, 0.4) is 0 Å². The van der Waals surface area contributed by atoms with Crippen LogP contribution in [-0.2, 0) is 0 Å². The van der Waals surface area contributed by atoms with E-state index in [4.69, 9.17) is 0 Å². The maximum Gasteiger partial charge on any atom is 0.264 e. The van der Waals surface area contributed by atoms with Gasteiger partial charge in [-0.1, -0.05) is 6.07 Å². The molecule has 0 spiro atoms. The van der Waals surface area contributed by atoms with Crippen LogP contribution in [0.4, 0.5) is 10.2 Å². The van der Waals surface area contributed by atoms with Crippen LogP contribution in [0.1, 0.15) is 9.67 Å². The summed E-state index contributed by atoms with van der Waals surface area (Å²) >= 11 is 4.67. The number of nitrogens with zero attached hydrogens (tertiary/aromatic N) is 3. The number of carbonyl (C=O) groups excluding carboxylic acids is 1. The van der Waals surface area contributed by atoms with Gasteiger partial charge in [0.1, 0.15) is 11.6 Å². The molecule has 128 valence electrons. The molecule has 2 aromatic heterocycles. The van der Waals surface area contributed by atoms with Crippen molar-refractivity contribution >= 4 is 49.9 Å². The van der Waals surface area contributed by atoms with Crippen molar-refractivity contribution in [3.8, 4) is 0 Å². The Morgan fingerprint density at radius 3 is 2.68 bits per heavy atom. The highest BCUT2D eigenvalue weighted by Crippen LogP contribution is 2.25. The molecule has 4 rings (SSSR count). The van der Waals surface area contributed by atoms with Crippen molar-refractivity contribution in [3.05, 3.63) is 56.9 Å². The molecule has 0 atom stereocenters. The number of halogens is 2. The van der Waals surface area contributed by atoms with Crippen LogP contribution in [0.2, 0.25) is 0 Å². The molecule has 1 amide bonds. The summed E-state index contributed by atoms with van der Waals surface area (Å²) in [7, 11) is 0. The molecule has 3 aromatic rings. The number of pyridine rings is 1. The van der Waals surface area contributed by atoms with E-state index in [-0.39, 0.29) is 11.7 Å². The van der Waals surface area contributed by atoms with Gasteiger partial charge in [0.2, 0.25) is 0 Å². The van der Waals surface area contributed by atoms with Gasteiger partial charge in [0.05, 0.1) is 14.9 Å². The predicted molar refractivity (Wildman–Crippen MR) is 102 cm³/mol. The predicted octanol–water partition coefficient (Wildman–Crippen LogP) is 4.16. The van der Waals surface area contributed by atoms with Crippen LogP contribution in [0, 0.1) is 5.82 Å². The van der Waals surface area contributed by atoms with Crippen molar-refractivity contribution in [1.29, 1.82) is 0 Å². The van der Waals surface area contributed by atoms with Crippen LogP contribution < -0.4 is 4.90 Å². The second kappa shape index (κ2) is 6.72. The zero-order valence-electron chi connectivity index (χ0n) is 13.3. The highest BCUT2D eigenvalue weighted by Gasteiger charge is 2.23. The summed E-state index contributed by atoms with van der Waals surface area (Å²) < 4.78 is 14.2. The lowest BCUT2D eigenvalue weighted by Gasteiger charge is -2.35. The Bertz CT molecular complexity index is 923. The molecule has 0 bridgehead atoms. The molecule has 0 radical (unpaired) electrons. The maximum atomic E-state index is 13.8. The molecule has 4 nitrogen and oxygen atoms in total. The Morgan fingerprint density at radius 1 is 1.16 bits per heavy atom. The Morgan fingerprint density at radius 2 is 1.96 bits per heavy atom. The lowest BCUT2D eigenvalue weighted by molar-refractivity contribution is 0.0751. The zero-order valence-corrected chi connectivity index (χ0v) is 15.7. The monoisotopic (exact) mass is 419 g/mol. The molecule has 7 heteroatoms. The summed E-state index contributed by atoms with van der Waals surface area (Å²) in [5, 5.41) is 2.81. The molecule has 0 unspecified atom stereocenters. The summed E-state index contributed by atoms with van der Waals surface area (Å²) in [4.78, 5) is 21.8. The highest BCUT2D eigenvalue weighted by atomic mass is 79.9. The molecule has 0 N–H and O–H groups in total. The first-order chi connectivity index (χ1) is 12.1. The molecule has 1 aliphatic rings. The van der Waals surface area contributed by atoms with Crippen molar-refractivity contribution in [3.63, 3.8) is 0 Å². The minimum absolute atomic E-state index is 0.0908. The second-order valence-electron chi connectivity index (χ2n) is 5.89. The Balaban J connectivity index is 1.50. The standard InChI is InChI=1S/C18H15BrFN3OS/c19-13-10-12-3-4-17(21-15(12)11-14(13)20)22-5-7-23(8-6-22)18(24)16-2-1-9-25-16/h1-4,9-11H,5-8H2. The van der Waals surface area contributed by atoms with Crippen molar-refractivity contribution in [1.82, 2.24) is 9.88 Å². The molecule has 1 saturated heterocycles. The summed E-state index contributed by atoms with van der Waals surface area (Å²) in [5.74, 6) is 0.592. The molecule has 25 heavy (non-hydrogen) atoms. The lowest BCUT2D eigenvalue weighted by atomic mass is 10.2. The molecule has 1 aromatic carbocycles. The Labute approximate surface area is 157 Å². The lowest BCUT2D eigenvalue weighted by Crippen LogP contribution is -2.48. The van der Waals surface area contributed by atoms with E-state index in [1.54, 1.807) is 6.07 Å². The molecule has 0 saturated carbocycles. The number of hydrogen-bond acceptors (Lipinski definition) is 4. The number of piperazine rings is 1. The number of benzene rings is 1. The van der Waals surface area contributed by atoms with Gasteiger partial charge in [-0.25, -0.2) is 9.37 Å². The third-order valence-electron chi connectivity index (χ3n) is 4.34. The number of amides is 1. The summed E-state index contributed by atoms with van der Waals surface area (Å²) in [6, 6.07) is 10.8. The number of fused-ring (bicyclic) bond motifs is 1. The van der Waals surface area contributed by atoms with Crippen LogP contribution in [0.5, 0.6) is 0 Å². The van der Waals surface area contributed by atoms with Crippen LogP contribution in [-0.4, -0.2) is 42.0 Å². The molecule has 1 fully saturated rings. The molecular formula is C18H15BrFN3OS. The van der Waals surface area contributed by atoms with Crippen molar-refractivity contribution < 1.29 is 9.18 Å². The van der Waals surface area contributed by atoms with Gasteiger partial charge in [-0.15, -0.1) is 11.3 Å². The van der Waals surface area contributed by atoms with Crippen LogP contribution in [0.15, 0.2) is 46.3 Å². The van der Waals surface area contributed by atoms with Gasteiger partial charge >= 0.3 is 0 Å². The second-order valence-corrected chi connectivity index (χ2v) is 7.69. The van der Waals surface area contributed by atoms with Gasteiger partial charge < -0.3 is 9.80 Å². The number of anilines is 1. The largest absolute Gasteiger partial charge is 0.353 e. The fraction of sp³-hybridized carbons (Fsp3) is 0.222. The Kier molecular flexibility index (Phi) is 4.43. The van der Waals surface area contributed by atoms with E-state index in [1.807, 2.05) is 34.5 Å². The Hall–Kier alpha value is -1.99. The van der Waals surface area contributed by atoms with Gasteiger partial charge in [0.25, 0.3) is 5.91 Å². The van der Waals surface area contributed by atoms with Crippen LogP contribution in [0.25, 0.3) is 10.9 Å². The van der Waals surface area contributed by atoms with Gasteiger partial charge in [-0.3, -0.25) is 4.79 Å². The van der Waals surface area contributed by atoms with Crippen molar-refractivity contribution in [2.45, 2.75) is 0 Å². The maximum absolute atomic E-state index is 13.8. The smallest absolute Gasteiger partial charge is 0.264 e. The first kappa shape index (κ1) is 16.5. The van der Waals surface area contributed by atoms with Crippen molar-refractivity contribution in [2.75, 3.05) is 31.1 Å². The first-order valence-corrected chi connectivity index (χ1v) is 9.62. The minimum atomic E-state index is -0.316. The summed E-state index contributed by atoms with van der Waals surface area (Å²) in [6.45, 7) is 2.75. The topological polar surface area (TPSA) is 36.4 Å². The average molecular weight is 420 g/mol. The van der Waals surface area contributed by atoms with E-state index in [9.17, 15) is 9.18 Å². The average Bonchev–Trinajstić information content (AvgIpc) is 3.16. The zero-order chi connectivity index (χ0) is 17.4. The number of carbonyl (C=O) groups is 1. The minimum Gasteiger partial charge on any atom is -0.353 e. The number of aromatic nitrogens is 1. The third kappa shape index (κ3) is 3.26. The van der Waals surface area contributed by atoms with E-state index >= 15 is 0 Å². The van der Waals surface area contributed by atoms with E-state index in [0.717, 1.165) is 16.1 Å². The van der Waals surface area contributed by atoms with Crippen molar-refractivity contribution in [2.24, 2.45) is 0 Å². The molecule has 1 aliphatic heterocycles. The van der Waals surface area contributed by atoms with E-state index in [0.29, 0.717) is 36.2 Å². The van der Waals surface area contributed by atoms with Gasteiger partial charge in [-0.05, 0) is 45.6 Å². The van der Waals surface area contributed by atoms with E-state index in [2.05, 4.69) is 25.8 Å². The molecular weight excluding hydrogens is 405 g/mol. The quantitative estimate of drug-likeness (QED) is 0.625. The SMILES string of the molecule is O=C(c1cccs1)N1CCN(c2ccc3cc(Br)c(F)cc3n2)CC1. The summed E-state index contributed by atoms with van der Waals surface area (Å²) in [6.07, 6.45) is 0. The van der Waals surface area contributed by atoms with Gasteiger partial charge in [-0.2, -0.15) is 0 Å². The molecule has 0 aliphatic carbocycles. The number of thiophene rings is 1.